The Hall–Kier alpha value is -0.260. The summed E-state index contributed by atoms with van der Waals surface area (Å²) in [5.41, 5.74) is 1.19. The van der Waals surface area contributed by atoms with Crippen molar-refractivity contribution in [3.63, 3.8) is 0 Å². The van der Waals surface area contributed by atoms with E-state index in [9.17, 15) is 0 Å². The molecule has 1 heterocycles. The lowest BCUT2D eigenvalue weighted by Gasteiger charge is -2.23. The molecule has 1 atom stereocenters. The first kappa shape index (κ1) is 14.2. The van der Waals surface area contributed by atoms with Crippen LogP contribution in [0.2, 0.25) is 0 Å². The SMILES string of the molecule is CSCCC(C)N(C)c1nc(CNC2CC2)cs1. The van der Waals surface area contributed by atoms with E-state index in [0.717, 1.165) is 17.7 Å². The van der Waals surface area contributed by atoms with Crippen molar-refractivity contribution in [2.45, 2.75) is 44.8 Å². The molecule has 1 saturated carbocycles. The first-order chi connectivity index (χ1) is 8.70. The number of aromatic nitrogens is 1. The molecule has 1 fully saturated rings. The molecule has 3 nitrogen and oxygen atoms in total. The van der Waals surface area contributed by atoms with Crippen LogP contribution in [0.4, 0.5) is 5.13 Å². The van der Waals surface area contributed by atoms with E-state index in [1.165, 1.54) is 30.7 Å². The summed E-state index contributed by atoms with van der Waals surface area (Å²) in [5, 5.41) is 6.84. The van der Waals surface area contributed by atoms with Gasteiger partial charge in [0.05, 0.1) is 5.69 Å². The highest BCUT2D eigenvalue weighted by Crippen LogP contribution is 2.24. The molecule has 2 rings (SSSR count). The Morgan fingerprint density at radius 1 is 1.61 bits per heavy atom. The predicted molar refractivity (Wildman–Crippen MR) is 82.8 cm³/mol. The smallest absolute Gasteiger partial charge is 0.185 e. The van der Waals surface area contributed by atoms with Crippen LogP contribution >= 0.6 is 23.1 Å². The summed E-state index contributed by atoms with van der Waals surface area (Å²) in [5.74, 6) is 1.22. The Morgan fingerprint density at radius 3 is 3.06 bits per heavy atom. The number of thiazole rings is 1. The fourth-order valence-electron chi connectivity index (χ4n) is 1.75. The summed E-state index contributed by atoms with van der Waals surface area (Å²) >= 11 is 3.67. The average molecular weight is 285 g/mol. The van der Waals surface area contributed by atoms with Crippen LogP contribution in [0.5, 0.6) is 0 Å². The van der Waals surface area contributed by atoms with Crippen molar-refractivity contribution in [3.8, 4) is 0 Å². The Morgan fingerprint density at radius 2 is 2.39 bits per heavy atom. The topological polar surface area (TPSA) is 28.2 Å². The van der Waals surface area contributed by atoms with Crippen molar-refractivity contribution in [3.05, 3.63) is 11.1 Å². The molecular formula is C13H23N3S2. The molecule has 5 heteroatoms. The maximum Gasteiger partial charge on any atom is 0.185 e. The van der Waals surface area contributed by atoms with Gasteiger partial charge in [0, 0.05) is 31.1 Å². The third-order valence-corrected chi connectivity index (χ3v) is 5.02. The highest BCUT2D eigenvalue weighted by atomic mass is 32.2. The maximum atomic E-state index is 4.71. The number of hydrogen-bond acceptors (Lipinski definition) is 5. The molecule has 0 spiro atoms. The van der Waals surface area contributed by atoms with Crippen molar-refractivity contribution in [1.82, 2.24) is 10.3 Å². The molecule has 1 aliphatic carbocycles. The van der Waals surface area contributed by atoms with Gasteiger partial charge in [0.15, 0.2) is 5.13 Å². The minimum atomic E-state index is 0.563. The van der Waals surface area contributed by atoms with E-state index in [1.54, 1.807) is 11.3 Å². The minimum Gasteiger partial charge on any atom is -0.348 e. The lowest BCUT2D eigenvalue weighted by atomic mass is 10.2. The van der Waals surface area contributed by atoms with Gasteiger partial charge in [-0.15, -0.1) is 11.3 Å². The third kappa shape index (κ3) is 4.14. The predicted octanol–water partition coefficient (Wildman–Crippen LogP) is 2.97. The quantitative estimate of drug-likeness (QED) is 0.795. The summed E-state index contributed by atoms with van der Waals surface area (Å²) in [6, 6.07) is 1.32. The molecule has 0 radical (unpaired) electrons. The van der Waals surface area contributed by atoms with Gasteiger partial charge in [0.25, 0.3) is 0 Å². The zero-order valence-electron chi connectivity index (χ0n) is 11.5. The zero-order chi connectivity index (χ0) is 13.0. The van der Waals surface area contributed by atoms with Crippen molar-refractivity contribution in [2.24, 2.45) is 0 Å². The van der Waals surface area contributed by atoms with Crippen LogP contribution in [-0.4, -0.2) is 36.1 Å². The average Bonchev–Trinajstić information content (AvgIpc) is 3.09. The van der Waals surface area contributed by atoms with E-state index in [1.807, 2.05) is 11.8 Å². The van der Waals surface area contributed by atoms with Crippen LogP contribution in [0.15, 0.2) is 5.38 Å². The van der Waals surface area contributed by atoms with Crippen LogP contribution in [0.3, 0.4) is 0 Å². The second-order valence-electron chi connectivity index (χ2n) is 5.02. The second-order valence-corrected chi connectivity index (χ2v) is 6.84. The maximum absolute atomic E-state index is 4.71. The number of anilines is 1. The molecule has 0 aliphatic heterocycles. The van der Waals surface area contributed by atoms with Crippen LogP contribution in [0.1, 0.15) is 31.9 Å². The van der Waals surface area contributed by atoms with Crippen LogP contribution in [0, 0.1) is 0 Å². The van der Waals surface area contributed by atoms with Crippen molar-refractivity contribution < 1.29 is 0 Å². The Bertz CT molecular complexity index is 363. The monoisotopic (exact) mass is 285 g/mol. The van der Waals surface area contributed by atoms with Crippen molar-refractivity contribution in [2.75, 3.05) is 24.0 Å². The van der Waals surface area contributed by atoms with Crippen LogP contribution in [0.25, 0.3) is 0 Å². The third-order valence-electron chi connectivity index (χ3n) is 3.39. The Kier molecular flexibility index (Phi) is 5.33. The molecule has 1 N–H and O–H groups in total. The van der Waals surface area contributed by atoms with Gasteiger partial charge in [-0.05, 0) is 38.2 Å². The summed E-state index contributed by atoms with van der Waals surface area (Å²) in [6.07, 6.45) is 6.05. The molecule has 0 aromatic carbocycles. The molecule has 0 amide bonds. The molecule has 1 aromatic heterocycles. The van der Waals surface area contributed by atoms with Gasteiger partial charge in [-0.25, -0.2) is 4.98 Å². The zero-order valence-corrected chi connectivity index (χ0v) is 13.1. The number of thioether (sulfide) groups is 1. The Balaban J connectivity index is 1.82. The van der Waals surface area contributed by atoms with E-state index in [-0.39, 0.29) is 0 Å². The number of hydrogen-bond donors (Lipinski definition) is 1. The molecule has 0 saturated heterocycles. The van der Waals surface area contributed by atoms with Crippen molar-refractivity contribution >= 4 is 28.2 Å². The standard InChI is InChI=1S/C13H23N3S2/c1-10(6-7-17-3)16(2)13-15-12(9-18-13)8-14-11-4-5-11/h9-11,14H,4-8H2,1-3H3. The van der Waals surface area contributed by atoms with Gasteiger partial charge in [-0.1, -0.05) is 0 Å². The van der Waals surface area contributed by atoms with Gasteiger partial charge in [-0.2, -0.15) is 11.8 Å². The minimum absolute atomic E-state index is 0.563. The Labute approximate surface area is 118 Å². The molecule has 102 valence electrons. The highest BCUT2D eigenvalue weighted by Gasteiger charge is 2.20. The molecule has 18 heavy (non-hydrogen) atoms. The van der Waals surface area contributed by atoms with Gasteiger partial charge in [0.1, 0.15) is 0 Å². The first-order valence-electron chi connectivity index (χ1n) is 6.60. The van der Waals surface area contributed by atoms with Gasteiger partial charge < -0.3 is 10.2 Å². The number of rotatable bonds is 8. The van der Waals surface area contributed by atoms with Gasteiger partial charge in [-0.3, -0.25) is 0 Å². The van der Waals surface area contributed by atoms with E-state index in [4.69, 9.17) is 4.98 Å². The lowest BCUT2D eigenvalue weighted by molar-refractivity contribution is 0.657. The largest absolute Gasteiger partial charge is 0.348 e. The molecule has 1 unspecified atom stereocenters. The summed E-state index contributed by atoms with van der Waals surface area (Å²) in [4.78, 5) is 7.02. The lowest BCUT2D eigenvalue weighted by Crippen LogP contribution is -2.29. The molecule has 1 aromatic rings. The highest BCUT2D eigenvalue weighted by molar-refractivity contribution is 7.98. The normalized spacial score (nSPS) is 16.8. The van der Waals surface area contributed by atoms with E-state index in [2.05, 4.69) is 35.8 Å². The van der Waals surface area contributed by atoms with E-state index >= 15 is 0 Å². The fraction of sp³-hybridized carbons (Fsp3) is 0.769. The number of nitrogens with one attached hydrogen (secondary N) is 1. The first-order valence-corrected chi connectivity index (χ1v) is 8.87. The molecule has 1 aliphatic rings. The second kappa shape index (κ2) is 6.78. The molecule has 0 bridgehead atoms. The molecular weight excluding hydrogens is 262 g/mol. The van der Waals surface area contributed by atoms with E-state index < -0.39 is 0 Å². The van der Waals surface area contributed by atoms with Crippen molar-refractivity contribution in [1.29, 1.82) is 0 Å². The number of nitrogens with zero attached hydrogens (tertiary/aromatic N) is 2. The van der Waals surface area contributed by atoms with E-state index in [0.29, 0.717) is 6.04 Å². The van der Waals surface area contributed by atoms with Gasteiger partial charge >= 0.3 is 0 Å². The van der Waals surface area contributed by atoms with Gasteiger partial charge in [0.2, 0.25) is 0 Å². The summed E-state index contributed by atoms with van der Waals surface area (Å²) < 4.78 is 0. The van der Waals surface area contributed by atoms with Crippen LogP contribution in [-0.2, 0) is 6.54 Å². The van der Waals surface area contributed by atoms with Crippen LogP contribution < -0.4 is 10.2 Å². The summed E-state index contributed by atoms with van der Waals surface area (Å²) in [6.45, 7) is 3.20. The summed E-state index contributed by atoms with van der Waals surface area (Å²) in [7, 11) is 2.15. The fourth-order valence-corrected chi connectivity index (χ4v) is 3.22.